The number of hydrogen-bond acceptors (Lipinski definition) is 2. The van der Waals surface area contributed by atoms with E-state index in [1.54, 1.807) is 0 Å². The minimum Gasteiger partial charge on any atom is -0.390 e. The monoisotopic (exact) mass is 172 g/mol. The van der Waals surface area contributed by atoms with Crippen LogP contribution in [0.5, 0.6) is 0 Å². The number of ether oxygens (including phenoxy) is 1. The summed E-state index contributed by atoms with van der Waals surface area (Å²) in [5.74, 6) is 0. The van der Waals surface area contributed by atoms with Crippen molar-refractivity contribution < 1.29 is 9.84 Å². The molecular formula is C10H20O2. The van der Waals surface area contributed by atoms with Crippen molar-refractivity contribution in [2.45, 2.75) is 64.3 Å². The Morgan fingerprint density at radius 1 is 1.50 bits per heavy atom. The highest BCUT2D eigenvalue weighted by atomic mass is 16.5. The first-order valence-corrected chi connectivity index (χ1v) is 4.91. The molecule has 0 aromatic rings. The molecule has 1 aliphatic heterocycles. The van der Waals surface area contributed by atoms with Crippen LogP contribution in [0.1, 0.15) is 46.5 Å². The Kier molecular flexibility index (Phi) is 3.13. The van der Waals surface area contributed by atoms with E-state index >= 15 is 0 Å². The molecule has 1 fully saturated rings. The van der Waals surface area contributed by atoms with Crippen LogP contribution < -0.4 is 0 Å². The lowest BCUT2D eigenvalue weighted by molar-refractivity contribution is -0.0359. The first kappa shape index (κ1) is 10.0. The van der Waals surface area contributed by atoms with E-state index in [-0.39, 0.29) is 17.8 Å². The number of rotatable bonds is 3. The molecule has 0 spiro atoms. The van der Waals surface area contributed by atoms with Gasteiger partial charge >= 0.3 is 0 Å². The topological polar surface area (TPSA) is 29.5 Å². The van der Waals surface area contributed by atoms with Gasteiger partial charge in [0.1, 0.15) is 0 Å². The van der Waals surface area contributed by atoms with E-state index in [1.807, 2.05) is 13.8 Å². The van der Waals surface area contributed by atoms with Crippen molar-refractivity contribution >= 4 is 0 Å². The van der Waals surface area contributed by atoms with Crippen molar-refractivity contribution in [3.05, 3.63) is 0 Å². The average Bonchev–Trinajstić information content (AvgIpc) is 2.20. The van der Waals surface area contributed by atoms with Crippen LogP contribution in [0, 0.1) is 0 Å². The second kappa shape index (κ2) is 3.75. The maximum absolute atomic E-state index is 9.63. The third kappa shape index (κ3) is 2.46. The first-order valence-electron chi connectivity index (χ1n) is 4.91. The van der Waals surface area contributed by atoms with Gasteiger partial charge < -0.3 is 9.84 Å². The molecule has 2 heteroatoms. The zero-order valence-electron chi connectivity index (χ0n) is 8.34. The van der Waals surface area contributed by atoms with Crippen LogP contribution in [-0.4, -0.2) is 22.9 Å². The third-order valence-corrected chi connectivity index (χ3v) is 2.44. The van der Waals surface area contributed by atoms with E-state index in [1.165, 1.54) is 6.42 Å². The predicted molar refractivity (Wildman–Crippen MR) is 49.1 cm³/mol. The molecule has 1 heterocycles. The molecule has 0 amide bonds. The fourth-order valence-electron chi connectivity index (χ4n) is 1.83. The van der Waals surface area contributed by atoms with Crippen molar-refractivity contribution in [1.29, 1.82) is 0 Å². The molecule has 1 saturated heterocycles. The van der Waals surface area contributed by atoms with Gasteiger partial charge in [-0.15, -0.1) is 0 Å². The van der Waals surface area contributed by atoms with Crippen LogP contribution in [0.4, 0.5) is 0 Å². The van der Waals surface area contributed by atoms with Gasteiger partial charge in [0.15, 0.2) is 0 Å². The number of unbranched alkanes of at least 4 members (excludes halogenated alkanes) is 1. The van der Waals surface area contributed by atoms with Crippen LogP contribution in [0.3, 0.4) is 0 Å². The van der Waals surface area contributed by atoms with Crippen LogP contribution in [0.2, 0.25) is 0 Å². The van der Waals surface area contributed by atoms with Crippen molar-refractivity contribution in [2.24, 2.45) is 0 Å². The lowest BCUT2D eigenvalue weighted by atomic mass is 10.0. The number of aliphatic hydroxyl groups is 1. The molecule has 2 atom stereocenters. The SMILES string of the molecule is CCCCC1OC(C)(C)CC1O. The number of hydrogen-bond donors (Lipinski definition) is 1. The van der Waals surface area contributed by atoms with E-state index in [4.69, 9.17) is 4.74 Å². The van der Waals surface area contributed by atoms with Gasteiger partial charge in [-0.2, -0.15) is 0 Å². The summed E-state index contributed by atoms with van der Waals surface area (Å²) in [5, 5.41) is 9.63. The maximum Gasteiger partial charge on any atom is 0.0842 e. The Morgan fingerprint density at radius 3 is 2.58 bits per heavy atom. The van der Waals surface area contributed by atoms with Crippen LogP contribution in [0.25, 0.3) is 0 Å². The fraction of sp³-hybridized carbons (Fsp3) is 1.00. The summed E-state index contributed by atoms with van der Waals surface area (Å²) in [6.07, 6.45) is 3.94. The molecule has 0 aromatic carbocycles. The molecule has 12 heavy (non-hydrogen) atoms. The van der Waals surface area contributed by atoms with Gasteiger partial charge in [-0.1, -0.05) is 19.8 Å². The van der Waals surface area contributed by atoms with Gasteiger partial charge in [0.05, 0.1) is 17.8 Å². The van der Waals surface area contributed by atoms with Crippen molar-refractivity contribution in [3.63, 3.8) is 0 Å². The zero-order chi connectivity index (χ0) is 9.19. The summed E-state index contributed by atoms with van der Waals surface area (Å²) in [4.78, 5) is 0. The van der Waals surface area contributed by atoms with Crippen LogP contribution >= 0.6 is 0 Å². The average molecular weight is 172 g/mol. The highest BCUT2D eigenvalue weighted by Crippen LogP contribution is 2.32. The Hall–Kier alpha value is -0.0800. The second-order valence-electron chi connectivity index (χ2n) is 4.33. The van der Waals surface area contributed by atoms with Gasteiger partial charge in [0, 0.05) is 6.42 Å². The largest absolute Gasteiger partial charge is 0.390 e. The van der Waals surface area contributed by atoms with Crippen LogP contribution in [0.15, 0.2) is 0 Å². The van der Waals surface area contributed by atoms with Crippen molar-refractivity contribution in [2.75, 3.05) is 0 Å². The Morgan fingerprint density at radius 2 is 2.17 bits per heavy atom. The third-order valence-electron chi connectivity index (χ3n) is 2.44. The van der Waals surface area contributed by atoms with E-state index in [2.05, 4.69) is 6.92 Å². The molecule has 0 saturated carbocycles. The molecule has 0 radical (unpaired) electrons. The minimum atomic E-state index is -0.244. The quantitative estimate of drug-likeness (QED) is 0.706. The lowest BCUT2D eigenvalue weighted by Crippen LogP contribution is -2.21. The molecule has 2 unspecified atom stereocenters. The molecule has 72 valence electrons. The Bertz CT molecular complexity index is 143. The standard InChI is InChI=1S/C10H20O2/c1-4-5-6-9-8(11)7-10(2,3)12-9/h8-9,11H,4-7H2,1-3H3. The minimum absolute atomic E-state index is 0.0833. The van der Waals surface area contributed by atoms with Gasteiger partial charge in [-0.3, -0.25) is 0 Å². The van der Waals surface area contributed by atoms with Crippen LogP contribution in [-0.2, 0) is 4.74 Å². The zero-order valence-corrected chi connectivity index (χ0v) is 8.34. The molecule has 1 rings (SSSR count). The van der Waals surface area contributed by atoms with Gasteiger partial charge in [-0.05, 0) is 20.3 Å². The summed E-state index contributed by atoms with van der Waals surface area (Å²) < 4.78 is 5.71. The van der Waals surface area contributed by atoms with Crippen molar-refractivity contribution in [1.82, 2.24) is 0 Å². The number of aliphatic hydroxyl groups excluding tert-OH is 1. The van der Waals surface area contributed by atoms with Gasteiger partial charge in [-0.25, -0.2) is 0 Å². The molecule has 1 N–H and O–H groups in total. The Balaban J connectivity index is 2.36. The predicted octanol–water partition coefficient (Wildman–Crippen LogP) is 2.11. The Labute approximate surface area is 74.9 Å². The van der Waals surface area contributed by atoms with Gasteiger partial charge in [0.2, 0.25) is 0 Å². The van der Waals surface area contributed by atoms with E-state index in [0.717, 1.165) is 19.3 Å². The molecule has 2 nitrogen and oxygen atoms in total. The van der Waals surface area contributed by atoms with E-state index < -0.39 is 0 Å². The smallest absolute Gasteiger partial charge is 0.0842 e. The van der Waals surface area contributed by atoms with E-state index in [9.17, 15) is 5.11 Å². The summed E-state index contributed by atoms with van der Waals surface area (Å²) in [6, 6.07) is 0. The first-order chi connectivity index (χ1) is 5.55. The molecule has 0 aromatic heterocycles. The molecule has 0 aliphatic carbocycles. The molecule has 0 bridgehead atoms. The summed E-state index contributed by atoms with van der Waals surface area (Å²) >= 11 is 0. The summed E-state index contributed by atoms with van der Waals surface area (Å²) in [5.41, 5.74) is -0.113. The summed E-state index contributed by atoms with van der Waals surface area (Å²) in [7, 11) is 0. The summed E-state index contributed by atoms with van der Waals surface area (Å²) in [6.45, 7) is 6.25. The highest BCUT2D eigenvalue weighted by Gasteiger charge is 2.38. The van der Waals surface area contributed by atoms with Crippen molar-refractivity contribution in [3.8, 4) is 0 Å². The lowest BCUT2D eigenvalue weighted by Gasteiger charge is -2.18. The van der Waals surface area contributed by atoms with E-state index in [0.29, 0.717) is 0 Å². The second-order valence-corrected chi connectivity index (χ2v) is 4.33. The fourth-order valence-corrected chi connectivity index (χ4v) is 1.83. The normalized spacial score (nSPS) is 34.0. The molecular weight excluding hydrogens is 152 g/mol. The molecule has 1 aliphatic rings. The highest BCUT2D eigenvalue weighted by molar-refractivity contribution is 4.87. The van der Waals surface area contributed by atoms with Gasteiger partial charge in [0.25, 0.3) is 0 Å². The maximum atomic E-state index is 9.63.